The van der Waals surface area contributed by atoms with E-state index >= 15 is 0 Å². The average molecular weight is 359 g/mol. The third-order valence-electron chi connectivity index (χ3n) is 2.09. The van der Waals surface area contributed by atoms with E-state index in [1.807, 2.05) is 29.7 Å². The molecule has 0 amide bonds. The second-order valence-corrected chi connectivity index (χ2v) is 4.48. The van der Waals surface area contributed by atoms with Crippen molar-refractivity contribution in [3.63, 3.8) is 0 Å². The molecule has 6 nitrogen and oxygen atoms in total. The third-order valence-corrected chi connectivity index (χ3v) is 2.76. The van der Waals surface area contributed by atoms with Crippen molar-refractivity contribution in [1.29, 1.82) is 0 Å². The quantitative estimate of drug-likeness (QED) is 0.329. The van der Waals surface area contributed by atoms with Crippen molar-refractivity contribution in [3.8, 4) is 0 Å². The van der Waals surface area contributed by atoms with Gasteiger partial charge in [0.1, 0.15) is 11.5 Å². The van der Waals surface area contributed by atoms with E-state index in [-0.39, 0.29) is 11.7 Å². The highest BCUT2D eigenvalue weighted by molar-refractivity contribution is 14.1. The molecule has 0 heterocycles. The lowest BCUT2D eigenvalue weighted by Gasteiger charge is -2.07. The zero-order chi connectivity index (χ0) is 13.5. The summed E-state index contributed by atoms with van der Waals surface area (Å²) in [5.74, 6) is 0.353. The SMILES string of the molecule is CN=C(N)C(=NC)C(=Nc1cccc(I)c1)NO. The van der Waals surface area contributed by atoms with Crippen LogP contribution in [0.4, 0.5) is 5.69 Å². The first-order valence-electron chi connectivity index (χ1n) is 5.06. The number of amidine groups is 2. The smallest absolute Gasteiger partial charge is 0.179 e. The molecule has 0 fully saturated rings. The molecule has 96 valence electrons. The van der Waals surface area contributed by atoms with Gasteiger partial charge in [-0.25, -0.2) is 4.99 Å². The normalized spacial score (nSPS) is 13.7. The number of nitrogens with zero attached hydrogens (tertiary/aromatic N) is 3. The van der Waals surface area contributed by atoms with Gasteiger partial charge in [0.05, 0.1) is 5.69 Å². The summed E-state index contributed by atoms with van der Waals surface area (Å²) < 4.78 is 1.04. The second-order valence-electron chi connectivity index (χ2n) is 3.23. The van der Waals surface area contributed by atoms with Crippen molar-refractivity contribution in [2.75, 3.05) is 14.1 Å². The highest BCUT2D eigenvalue weighted by atomic mass is 127. The van der Waals surface area contributed by atoms with Crippen LogP contribution < -0.4 is 11.2 Å². The molecule has 7 heteroatoms. The summed E-state index contributed by atoms with van der Waals surface area (Å²) in [6.45, 7) is 0. The van der Waals surface area contributed by atoms with Crippen molar-refractivity contribution >= 4 is 45.7 Å². The predicted octanol–water partition coefficient (Wildman–Crippen LogP) is 1.36. The van der Waals surface area contributed by atoms with E-state index in [1.165, 1.54) is 0 Å². The zero-order valence-corrected chi connectivity index (χ0v) is 12.2. The fourth-order valence-electron chi connectivity index (χ4n) is 1.25. The van der Waals surface area contributed by atoms with Gasteiger partial charge in [-0.1, -0.05) is 6.07 Å². The Balaban J connectivity index is 3.17. The van der Waals surface area contributed by atoms with E-state index in [1.54, 1.807) is 14.1 Å². The summed E-state index contributed by atoms with van der Waals surface area (Å²) >= 11 is 2.18. The van der Waals surface area contributed by atoms with Gasteiger partial charge in [-0.2, -0.15) is 0 Å². The molecular formula is C11H14IN5O. The van der Waals surface area contributed by atoms with Crippen molar-refractivity contribution in [2.45, 2.75) is 0 Å². The first-order chi connectivity index (χ1) is 8.62. The van der Waals surface area contributed by atoms with Gasteiger partial charge in [0.15, 0.2) is 5.84 Å². The minimum atomic E-state index is 0.155. The lowest BCUT2D eigenvalue weighted by Crippen LogP contribution is -2.38. The summed E-state index contributed by atoms with van der Waals surface area (Å²) in [6, 6.07) is 7.49. The highest BCUT2D eigenvalue weighted by Crippen LogP contribution is 2.15. The zero-order valence-electron chi connectivity index (χ0n) is 10.1. The van der Waals surface area contributed by atoms with Crippen LogP contribution in [0.15, 0.2) is 39.2 Å². The van der Waals surface area contributed by atoms with Gasteiger partial charge >= 0.3 is 0 Å². The minimum absolute atomic E-state index is 0.155. The Hall–Kier alpha value is -1.48. The Bertz CT molecular complexity index is 510. The minimum Gasteiger partial charge on any atom is -0.382 e. The molecule has 0 unspecified atom stereocenters. The van der Waals surface area contributed by atoms with Crippen LogP contribution in [0.1, 0.15) is 0 Å². The van der Waals surface area contributed by atoms with Gasteiger partial charge in [-0.3, -0.25) is 20.7 Å². The Morgan fingerprint density at radius 1 is 1.33 bits per heavy atom. The van der Waals surface area contributed by atoms with Gasteiger partial charge in [0.25, 0.3) is 0 Å². The number of rotatable bonds is 3. The van der Waals surface area contributed by atoms with Gasteiger partial charge in [-0.05, 0) is 40.8 Å². The van der Waals surface area contributed by atoms with Crippen LogP contribution in [0.25, 0.3) is 0 Å². The molecule has 1 aromatic carbocycles. The highest BCUT2D eigenvalue weighted by Gasteiger charge is 2.11. The van der Waals surface area contributed by atoms with Crippen LogP contribution in [0.3, 0.4) is 0 Å². The van der Waals surface area contributed by atoms with Crippen molar-refractivity contribution < 1.29 is 5.21 Å². The van der Waals surface area contributed by atoms with Crippen LogP contribution in [0.5, 0.6) is 0 Å². The Morgan fingerprint density at radius 3 is 2.56 bits per heavy atom. The number of aliphatic imine (C=N–C) groups is 3. The van der Waals surface area contributed by atoms with E-state index in [0.717, 1.165) is 3.57 Å². The summed E-state index contributed by atoms with van der Waals surface area (Å²) in [5.41, 5.74) is 8.65. The molecule has 0 aromatic heterocycles. The van der Waals surface area contributed by atoms with Crippen LogP contribution >= 0.6 is 22.6 Å². The van der Waals surface area contributed by atoms with Crippen LogP contribution in [0.2, 0.25) is 0 Å². The molecule has 0 saturated carbocycles. The van der Waals surface area contributed by atoms with Gasteiger partial charge in [0.2, 0.25) is 0 Å². The third kappa shape index (κ3) is 3.77. The summed E-state index contributed by atoms with van der Waals surface area (Å²) in [7, 11) is 3.09. The van der Waals surface area contributed by atoms with Crippen molar-refractivity contribution in [3.05, 3.63) is 27.8 Å². The summed E-state index contributed by atoms with van der Waals surface area (Å²) in [4.78, 5) is 12.0. The monoisotopic (exact) mass is 359 g/mol. The van der Waals surface area contributed by atoms with Crippen molar-refractivity contribution in [1.82, 2.24) is 5.48 Å². The van der Waals surface area contributed by atoms with Gasteiger partial charge in [-0.15, -0.1) is 0 Å². The summed E-state index contributed by atoms with van der Waals surface area (Å²) in [5, 5.41) is 9.13. The number of hydrogen-bond donors (Lipinski definition) is 3. The first kappa shape index (κ1) is 14.6. The molecular weight excluding hydrogens is 345 g/mol. The molecule has 4 N–H and O–H groups in total. The lowest BCUT2D eigenvalue weighted by molar-refractivity contribution is 0.237. The van der Waals surface area contributed by atoms with Crippen LogP contribution in [0, 0.1) is 3.57 Å². The average Bonchev–Trinajstić information content (AvgIpc) is 2.38. The van der Waals surface area contributed by atoms with Gasteiger partial charge < -0.3 is 5.73 Å². The molecule has 0 aliphatic heterocycles. The predicted molar refractivity (Wildman–Crippen MR) is 82.1 cm³/mol. The molecule has 18 heavy (non-hydrogen) atoms. The Kier molecular flexibility index (Phi) is 5.72. The van der Waals surface area contributed by atoms with E-state index in [4.69, 9.17) is 10.9 Å². The molecule has 0 aliphatic carbocycles. The number of hydrogen-bond acceptors (Lipinski definition) is 4. The Morgan fingerprint density at radius 2 is 2.06 bits per heavy atom. The van der Waals surface area contributed by atoms with Crippen LogP contribution in [-0.4, -0.2) is 36.7 Å². The fraction of sp³-hybridized carbons (Fsp3) is 0.182. The molecule has 1 rings (SSSR count). The maximum absolute atomic E-state index is 9.13. The molecule has 0 aliphatic rings. The number of hydroxylamine groups is 1. The molecule has 0 saturated heterocycles. The standard InChI is InChI=1S/C11H14IN5O/c1-14-9(10(13)15-2)11(17-18)16-8-5-3-4-7(12)6-8/h3-6,18H,1-2H3,(H2,13,15)(H,16,17). The van der Waals surface area contributed by atoms with E-state index in [2.05, 4.69) is 37.6 Å². The molecule has 0 bridgehead atoms. The maximum Gasteiger partial charge on any atom is 0.179 e. The number of benzene rings is 1. The molecule has 0 atom stereocenters. The first-order valence-corrected chi connectivity index (χ1v) is 6.14. The van der Waals surface area contributed by atoms with Crippen molar-refractivity contribution in [2.24, 2.45) is 20.7 Å². The number of halogens is 1. The summed E-state index contributed by atoms with van der Waals surface area (Å²) in [6.07, 6.45) is 0. The second kappa shape index (κ2) is 7.07. The largest absolute Gasteiger partial charge is 0.382 e. The van der Waals surface area contributed by atoms with E-state index in [0.29, 0.717) is 11.4 Å². The molecule has 0 spiro atoms. The number of nitrogens with two attached hydrogens (primary N) is 1. The molecule has 0 radical (unpaired) electrons. The van der Waals surface area contributed by atoms with E-state index in [9.17, 15) is 0 Å². The maximum atomic E-state index is 9.13. The topological polar surface area (TPSA) is 95.4 Å². The molecule has 1 aromatic rings. The lowest BCUT2D eigenvalue weighted by atomic mass is 10.3. The van der Waals surface area contributed by atoms with E-state index < -0.39 is 0 Å². The number of nitrogens with one attached hydrogen (secondary N) is 1. The fourth-order valence-corrected chi connectivity index (χ4v) is 1.78. The van der Waals surface area contributed by atoms with Crippen LogP contribution in [-0.2, 0) is 0 Å². The van der Waals surface area contributed by atoms with Gasteiger partial charge in [0, 0.05) is 17.7 Å². The Labute approximate surface area is 119 Å².